The summed E-state index contributed by atoms with van der Waals surface area (Å²) in [5.74, 6) is -0.888. The van der Waals surface area contributed by atoms with Crippen LogP contribution in [0.5, 0.6) is 17.2 Å². The fourth-order valence-corrected chi connectivity index (χ4v) is 3.59. The minimum atomic E-state index is -1.66. The van der Waals surface area contributed by atoms with Crippen LogP contribution in [0, 0.1) is 0 Å². The molecular formula is C27H30O9. The van der Waals surface area contributed by atoms with Crippen molar-refractivity contribution in [1.29, 1.82) is 0 Å². The molecular weight excluding hydrogens is 468 g/mol. The Morgan fingerprint density at radius 2 is 1.69 bits per heavy atom. The Kier molecular flexibility index (Phi) is 9.24. The van der Waals surface area contributed by atoms with Gasteiger partial charge in [-0.3, -0.25) is 4.79 Å². The highest BCUT2D eigenvalue weighted by Gasteiger charge is 2.27. The number of rotatable bonds is 5. The van der Waals surface area contributed by atoms with Crippen LogP contribution in [-0.4, -0.2) is 65.7 Å². The van der Waals surface area contributed by atoms with E-state index in [-0.39, 0.29) is 29.9 Å². The van der Waals surface area contributed by atoms with Gasteiger partial charge in [-0.25, -0.2) is 4.79 Å². The Morgan fingerprint density at radius 3 is 2.36 bits per heavy atom. The number of cyclic esters (lactones) is 1. The quantitative estimate of drug-likeness (QED) is 0.533. The van der Waals surface area contributed by atoms with E-state index in [9.17, 15) is 24.9 Å². The number of methoxy groups -OCH3 is 2. The lowest BCUT2D eigenvalue weighted by atomic mass is 10.0. The zero-order chi connectivity index (χ0) is 26.2. The maximum absolute atomic E-state index is 13.1. The second-order valence-corrected chi connectivity index (χ2v) is 8.26. The summed E-state index contributed by atoms with van der Waals surface area (Å²) in [6, 6.07) is 9.97. The third-order valence-electron chi connectivity index (χ3n) is 5.70. The molecule has 0 spiro atoms. The number of esters is 1. The fourth-order valence-electron chi connectivity index (χ4n) is 3.59. The van der Waals surface area contributed by atoms with Crippen LogP contribution in [-0.2, 0) is 20.9 Å². The SMILES string of the molecule is COc1ccc(CO[C@H]2/C=C\C(=O)[C@@H](O)[C@@H](O)C/C=C/c3cc(OC)cc(O)c3C(=O)O[C@H]2C)cc1. The van der Waals surface area contributed by atoms with Gasteiger partial charge < -0.3 is 34.3 Å². The molecule has 36 heavy (non-hydrogen) atoms. The Morgan fingerprint density at radius 1 is 1.00 bits per heavy atom. The lowest BCUT2D eigenvalue weighted by Crippen LogP contribution is -2.34. The molecule has 0 radical (unpaired) electrons. The summed E-state index contributed by atoms with van der Waals surface area (Å²) in [7, 11) is 2.97. The van der Waals surface area contributed by atoms with E-state index in [4.69, 9.17) is 18.9 Å². The number of ketones is 1. The molecule has 3 N–H and O–H groups in total. The summed E-state index contributed by atoms with van der Waals surface area (Å²) >= 11 is 0. The Balaban J connectivity index is 1.93. The molecule has 1 aliphatic heterocycles. The summed E-state index contributed by atoms with van der Waals surface area (Å²) in [5, 5.41) is 31.0. The molecule has 0 aromatic heterocycles. The number of carbonyl (C=O) groups excluding carboxylic acids is 2. The number of phenols is 1. The number of hydrogen-bond donors (Lipinski definition) is 3. The molecule has 192 valence electrons. The molecule has 1 heterocycles. The molecule has 0 aliphatic carbocycles. The maximum atomic E-state index is 13.1. The first-order chi connectivity index (χ1) is 17.2. The van der Waals surface area contributed by atoms with Gasteiger partial charge in [-0.15, -0.1) is 0 Å². The van der Waals surface area contributed by atoms with Crippen LogP contribution in [0.1, 0.15) is 34.8 Å². The zero-order valence-electron chi connectivity index (χ0n) is 20.3. The van der Waals surface area contributed by atoms with E-state index >= 15 is 0 Å². The highest BCUT2D eigenvalue weighted by molar-refractivity contribution is 5.97. The lowest BCUT2D eigenvalue weighted by Gasteiger charge is -2.23. The number of phenolic OH excluding ortho intramolecular Hbond substituents is 1. The van der Waals surface area contributed by atoms with E-state index < -0.39 is 36.2 Å². The highest BCUT2D eigenvalue weighted by Crippen LogP contribution is 2.30. The molecule has 0 fully saturated rings. The predicted octanol–water partition coefficient (Wildman–Crippen LogP) is 2.80. The van der Waals surface area contributed by atoms with Crippen LogP contribution >= 0.6 is 0 Å². The largest absolute Gasteiger partial charge is 0.507 e. The number of aliphatic hydroxyl groups is 2. The van der Waals surface area contributed by atoms with Crippen molar-refractivity contribution < 1.29 is 43.9 Å². The summed E-state index contributed by atoms with van der Waals surface area (Å²) in [5.41, 5.74) is 0.990. The maximum Gasteiger partial charge on any atom is 0.342 e. The van der Waals surface area contributed by atoms with Gasteiger partial charge >= 0.3 is 5.97 Å². The number of fused-ring (bicyclic) bond motifs is 1. The molecule has 0 unspecified atom stereocenters. The van der Waals surface area contributed by atoms with Gasteiger partial charge in [0.05, 0.1) is 26.9 Å². The second kappa shape index (κ2) is 12.3. The number of carbonyl (C=O) groups is 2. The van der Waals surface area contributed by atoms with E-state index in [0.717, 1.165) is 11.6 Å². The number of ether oxygens (including phenoxy) is 4. The molecule has 0 amide bonds. The number of benzene rings is 2. The summed E-state index contributed by atoms with van der Waals surface area (Å²) in [6.45, 7) is 1.71. The van der Waals surface area contributed by atoms with Crippen molar-refractivity contribution in [3.63, 3.8) is 0 Å². The molecule has 1 aliphatic rings. The predicted molar refractivity (Wildman–Crippen MR) is 131 cm³/mol. The molecule has 2 aromatic rings. The average Bonchev–Trinajstić information content (AvgIpc) is 2.87. The van der Waals surface area contributed by atoms with Crippen molar-refractivity contribution in [2.75, 3.05) is 14.2 Å². The molecule has 0 saturated carbocycles. The van der Waals surface area contributed by atoms with Gasteiger partial charge in [-0.1, -0.05) is 24.3 Å². The van der Waals surface area contributed by atoms with Gasteiger partial charge in [-0.05, 0) is 54.8 Å². The van der Waals surface area contributed by atoms with Crippen LogP contribution in [0.25, 0.3) is 6.08 Å². The molecule has 3 rings (SSSR count). The second-order valence-electron chi connectivity index (χ2n) is 8.26. The Bertz CT molecular complexity index is 1120. The van der Waals surface area contributed by atoms with Gasteiger partial charge in [-0.2, -0.15) is 0 Å². The molecule has 9 heteroatoms. The molecule has 4 atom stereocenters. The average molecular weight is 499 g/mol. The van der Waals surface area contributed by atoms with Crippen LogP contribution in [0.3, 0.4) is 0 Å². The van der Waals surface area contributed by atoms with Crippen molar-refractivity contribution in [1.82, 2.24) is 0 Å². The van der Waals surface area contributed by atoms with Gasteiger partial charge in [0.2, 0.25) is 0 Å². The minimum Gasteiger partial charge on any atom is -0.507 e. The third-order valence-corrected chi connectivity index (χ3v) is 5.70. The Labute approximate surface area is 209 Å². The Hall–Kier alpha value is -3.66. The summed E-state index contributed by atoms with van der Waals surface area (Å²) in [4.78, 5) is 25.5. The standard InChI is InChI=1S/C27H30O9/c1-16-24(35-15-17-7-9-19(33-2)10-8-17)12-11-22(29)26(31)21(28)6-4-5-18-13-20(34-3)14-23(30)25(18)27(32)36-16/h4-5,7-14,16,21,24,26,28,30-31H,6,15H2,1-3H3/b5-4+,12-11-/t16-,21-,24-,26-/m0/s1. The van der Waals surface area contributed by atoms with E-state index in [1.54, 1.807) is 26.2 Å². The number of aliphatic hydroxyl groups excluding tert-OH is 2. The van der Waals surface area contributed by atoms with Crippen molar-refractivity contribution in [3.05, 3.63) is 71.3 Å². The van der Waals surface area contributed by atoms with Gasteiger partial charge in [0.25, 0.3) is 0 Å². The third kappa shape index (κ3) is 6.72. The topological polar surface area (TPSA) is 132 Å². The summed E-state index contributed by atoms with van der Waals surface area (Å²) in [6.07, 6.45) is 0.531. The smallest absolute Gasteiger partial charge is 0.342 e. The van der Waals surface area contributed by atoms with Crippen molar-refractivity contribution in [2.45, 2.75) is 44.4 Å². The summed E-state index contributed by atoms with van der Waals surface area (Å²) < 4.78 is 21.9. The molecule has 2 aromatic carbocycles. The van der Waals surface area contributed by atoms with Gasteiger partial charge in [0.15, 0.2) is 5.78 Å². The lowest BCUT2D eigenvalue weighted by molar-refractivity contribution is -0.127. The van der Waals surface area contributed by atoms with Crippen LogP contribution < -0.4 is 9.47 Å². The van der Waals surface area contributed by atoms with E-state index in [0.29, 0.717) is 11.5 Å². The van der Waals surface area contributed by atoms with E-state index in [1.165, 1.54) is 37.5 Å². The number of aromatic hydroxyl groups is 1. The first-order valence-corrected chi connectivity index (χ1v) is 11.3. The monoisotopic (exact) mass is 498 g/mol. The zero-order valence-corrected chi connectivity index (χ0v) is 20.3. The van der Waals surface area contributed by atoms with Gasteiger partial charge in [0.1, 0.15) is 41.1 Å². The van der Waals surface area contributed by atoms with Crippen molar-refractivity contribution in [3.8, 4) is 17.2 Å². The van der Waals surface area contributed by atoms with Gasteiger partial charge in [0, 0.05) is 6.07 Å². The minimum absolute atomic E-state index is 0.0823. The van der Waals surface area contributed by atoms with Crippen LogP contribution in [0.15, 0.2) is 54.6 Å². The highest BCUT2D eigenvalue weighted by atomic mass is 16.6. The van der Waals surface area contributed by atoms with E-state index in [2.05, 4.69) is 0 Å². The molecule has 0 saturated heterocycles. The number of hydrogen-bond acceptors (Lipinski definition) is 9. The normalized spacial score (nSPS) is 24.7. The van der Waals surface area contributed by atoms with Crippen LogP contribution in [0.2, 0.25) is 0 Å². The van der Waals surface area contributed by atoms with Crippen molar-refractivity contribution >= 4 is 17.8 Å². The van der Waals surface area contributed by atoms with Crippen molar-refractivity contribution in [2.24, 2.45) is 0 Å². The first kappa shape index (κ1) is 26.9. The van der Waals surface area contributed by atoms with E-state index in [1.807, 2.05) is 12.1 Å². The first-order valence-electron chi connectivity index (χ1n) is 11.3. The molecule has 9 nitrogen and oxygen atoms in total. The fraction of sp³-hybridized carbons (Fsp3) is 0.333. The molecule has 0 bridgehead atoms. The van der Waals surface area contributed by atoms with Crippen LogP contribution in [0.4, 0.5) is 0 Å².